The van der Waals surface area contributed by atoms with Crippen LogP contribution in [-0.4, -0.2) is 29.4 Å². The summed E-state index contributed by atoms with van der Waals surface area (Å²) in [6.07, 6.45) is 1.65. The molecule has 7 nitrogen and oxygen atoms in total. The number of H-pyrrole nitrogens is 1. The largest absolute Gasteiger partial charge is 0.318 e. The number of fused-ring (bicyclic) bond motifs is 2. The monoisotopic (exact) mass is 342 g/mol. The first kappa shape index (κ1) is 14.6. The first-order valence-corrected chi connectivity index (χ1v) is 8.24. The number of nitrogens with one attached hydrogen (secondary N) is 1. The average molecular weight is 342 g/mol. The highest BCUT2D eigenvalue weighted by molar-refractivity contribution is 5.80. The molecule has 0 aliphatic heterocycles. The Hall–Kier alpha value is -3.74. The quantitative estimate of drug-likeness (QED) is 0.546. The summed E-state index contributed by atoms with van der Waals surface area (Å²) in [5.74, 6) is 0.511. The molecule has 0 fully saturated rings. The van der Waals surface area contributed by atoms with Crippen LogP contribution in [0.3, 0.4) is 0 Å². The number of para-hydroxylation sites is 2. The Morgan fingerprint density at radius 1 is 0.923 bits per heavy atom. The topological polar surface area (TPSA) is 80.9 Å². The van der Waals surface area contributed by atoms with Crippen LogP contribution in [-0.2, 0) is 6.54 Å². The number of hydrogen-bond acceptors (Lipinski definition) is 4. The van der Waals surface area contributed by atoms with E-state index in [1.54, 1.807) is 12.3 Å². The van der Waals surface area contributed by atoms with E-state index in [0.717, 1.165) is 16.6 Å². The molecule has 0 aliphatic rings. The Labute approximate surface area is 147 Å². The van der Waals surface area contributed by atoms with E-state index < -0.39 is 0 Å². The molecular formula is C19H14N6O. The standard InChI is InChI=1S/C19H14N6O/c26-19-17(23-22-16-10-11-20-25(16)19)18-21-14-8-4-5-9-15(14)24(18)12-13-6-2-1-3-7-13/h1-11,20H,12H2. The normalized spacial score (nSPS) is 11.4. The van der Waals surface area contributed by atoms with Gasteiger partial charge in [-0.1, -0.05) is 42.5 Å². The van der Waals surface area contributed by atoms with Gasteiger partial charge in [0.2, 0.25) is 0 Å². The van der Waals surface area contributed by atoms with Crippen molar-refractivity contribution < 1.29 is 0 Å². The van der Waals surface area contributed by atoms with Crippen LogP contribution in [0.15, 0.2) is 71.7 Å². The average Bonchev–Trinajstić information content (AvgIpc) is 3.29. The summed E-state index contributed by atoms with van der Waals surface area (Å²) in [4.78, 5) is 17.5. The minimum Gasteiger partial charge on any atom is -0.318 e. The van der Waals surface area contributed by atoms with Gasteiger partial charge in [-0.25, -0.2) is 4.98 Å². The fourth-order valence-electron chi connectivity index (χ4n) is 3.14. The van der Waals surface area contributed by atoms with E-state index in [-0.39, 0.29) is 11.3 Å². The third-order valence-corrected chi connectivity index (χ3v) is 4.37. The SMILES string of the molecule is O=c1c(-c2nc3ccccc3n2Cc2ccccc2)nnc2cc[nH]n12. The van der Waals surface area contributed by atoms with Crippen LogP contribution in [0.1, 0.15) is 5.56 Å². The zero-order valence-corrected chi connectivity index (χ0v) is 13.7. The Balaban J connectivity index is 1.77. The molecule has 7 heteroatoms. The van der Waals surface area contributed by atoms with Gasteiger partial charge in [-0.05, 0) is 17.7 Å². The number of nitrogens with zero attached hydrogens (tertiary/aromatic N) is 5. The lowest BCUT2D eigenvalue weighted by atomic mass is 10.2. The lowest BCUT2D eigenvalue weighted by Gasteiger charge is -2.08. The summed E-state index contributed by atoms with van der Waals surface area (Å²) in [6, 6.07) is 19.6. The summed E-state index contributed by atoms with van der Waals surface area (Å²) in [7, 11) is 0. The lowest BCUT2D eigenvalue weighted by Crippen LogP contribution is -2.21. The van der Waals surface area contributed by atoms with Gasteiger partial charge in [-0.3, -0.25) is 9.89 Å². The predicted octanol–water partition coefficient (Wildman–Crippen LogP) is 2.48. The van der Waals surface area contributed by atoms with Gasteiger partial charge in [0.15, 0.2) is 17.2 Å². The molecule has 0 amide bonds. The molecule has 0 atom stereocenters. The Kier molecular flexibility index (Phi) is 3.18. The van der Waals surface area contributed by atoms with Crippen molar-refractivity contribution in [3.8, 4) is 11.5 Å². The van der Waals surface area contributed by atoms with Gasteiger partial charge in [0, 0.05) is 18.8 Å². The molecule has 0 saturated carbocycles. The number of imidazole rings is 1. The number of aromatic amines is 1. The van der Waals surface area contributed by atoms with Crippen LogP contribution >= 0.6 is 0 Å². The molecular weight excluding hydrogens is 328 g/mol. The molecule has 5 rings (SSSR count). The summed E-state index contributed by atoms with van der Waals surface area (Å²) >= 11 is 0. The summed E-state index contributed by atoms with van der Waals surface area (Å²) in [6.45, 7) is 0.589. The predicted molar refractivity (Wildman–Crippen MR) is 97.9 cm³/mol. The molecule has 0 aliphatic carbocycles. The highest BCUT2D eigenvalue weighted by Gasteiger charge is 2.19. The molecule has 0 unspecified atom stereocenters. The van der Waals surface area contributed by atoms with Gasteiger partial charge in [-0.15, -0.1) is 10.2 Å². The molecule has 2 aromatic carbocycles. The third-order valence-electron chi connectivity index (χ3n) is 4.37. The third kappa shape index (κ3) is 2.21. The molecule has 0 saturated heterocycles. The van der Waals surface area contributed by atoms with Crippen LogP contribution < -0.4 is 5.56 Å². The van der Waals surface area contributed by atoms with Crippen LogP contribution in [0.5, 0.6) is 0 Å². The molecule has 0 spiro atoms. The Morgan fingerprint density at radius 2 is 1.73 bits per heavy atom. The van der Waals surface area contributed by atoms with E-state index in [9.17, 15) is 4.79 Å². The summed E-state index contributed by atoms with van der Waals surface area (Å²) in [5, 5.41) is 11.2. The van der Waals surface area contributed by atoms with Gasteiger partial charge in [0.1, 0.15) is 0 Å². The minimum atomic E-state index is -0.274. The molecule has 26 heavy (non-hydrogen) atoms. The van der Waals surface area contributed by atoms with Gasteiger partial charge in [-0.2, -0.15) is 4.52 Å². The van der Waals surface area contributed by atoms with Crippen molar-refractivity contribution in [3.05, 3.63) is 82.8 Å². The van der Waals surface area contributed by atoms with E-state index in [0.29, 0.717) is 18.0 Å². The molecule has 0 bridgehead atoms. The minimum absolute atomic E-state index is 0.220. The molecule has 5 aromatic rings. The first-order chi connectivity index (χ1) is 12.8. The number of hydrogen-bond donors (Lipinski definition) is 1. The molecule has 3 heterocycles. The number of aromatic nitrogens is 6. The van der Waals surface area contributed by atoms with Crippen LogP contribution in [0.25, 0.3) is 28.2 Å². The van der Waals surface area contributed by atoms with Crippen molar-refractivity contribution in [1.82, 2.24) is 29.4 Å². The highest BCUT2D eigenvalue weighted by atomic mass is 16.1. The van der Waals surface area contributed by atoms with Crippen molar-refractivity contribution in [1.29, 1.82) is 0 Å². The van der Waals surface area contributed by atoms with E-state index in [1.165, 1.54) is 4.52 Å². The first-order valence-electron chi connectivity index (χ1n) is 8.24. The second-order valence-corrected chi connectivity index (χ2v) is 6.01. The van der Waals surface area contributed by atoms with Gasteiger partial charge in [0.25, 0.3) is 0 Å². The smallest absolute Gasteiger partial charge is 0.302 e. The maximum Gasteiger partial charge on any atom is 0.302 e. The van der Waals surface area contributed by atoms with Crippen LogP contribution in [0.2, 0.25) is 0 Å². The molecule has 3 aromatic heterocycles. The van der Waals surface area contributed by atoms with Crippen molar-refractivity contribution in [2.45, 2.75) is 6.54 Å². The Morgan fingerprint density at radius 3 is 2.62 bits per heavy atom. The summed E-state index contributed by atoms with van der Waals surface area (Å²) < 4.78 is 3.37. The van der Waals surface area contributed by atoms with Crippen LogP contribution in [0, 0.1) is 0 Å². The maximum absolute atomic E-state index is 12.8. The van der Waals surface area contributed by atoms with Crippen molar-refractivity contribution in [2.24, 2.45) is 0 Å². The van der Waals surface area contributed by atoms with Gasteiger partial charge < -0.3 is 4.57 Å². The van der Waals surface area contributed by atoms with Crippen molar-refractivity contribution in [2.75, 3.05) is 0 Å². The van der Waals surface area contributed by atoms with E-state index in [4.69, 9.17) is 0 Å². The van der Waals surface area contributed by atoms with E-state index in [2.05, 4.69) is 20.3 Å². The van der Waals surface area contributed by atoms with Crippen LogP contribution in [0.4, 0.5) is 0 Å². The number of rotatable bonds is 3. The van der Waals surface area contributed by atoms with Gasteiger partial charge in [0.05, 0.1) is 11.0 Å². The second kappa shape index (κ2) is 5.66. The zero-order valence-electron chi connectivity index (χ0n) is 13.7. The van der Waals surface area contributed by atoms with Crippen molar-refractivity contribution >= 4 is 16.7 Å². The number of benzene rings is 2. The molecule has 126 valence electrons. The van der Waals surface area contributed by atoms with Crippen molar-refractivity contribution in [3.63, 3.8) is 0 Å². The highest BCUT2D eigenvalue weighted by Crippen LogP contribution is 2.23. The van der Waals surface area contributed by atoms with Gasteiger partial charge >= 0.3 is 5.56 Å². The fourth-order valence-corrected chi connectivity index (χ4v) is 3.14. The zero-order chi connectivity index (χ0) is 17.5. The Bertz CT molecular complexity index is 1280. The van der Waals surface area contributed by atoms with E-state index >= 15 is 0 Å². The molecule has 1 N–H and O–H groups in total. The fraction of sp³-hybridized carbons (Fsp3) is 0.0526. The summed E-state index contributed by atoms with van der Waals surface area (Å²) in [5.41, 5.74) is 3.30. The molecule has 0 radical (unpaired) electrons. The lowest BCUT2D eigenvalue weighted by molar-refractivity contribution is 0.805. The van der Waals surface area contributed by atoms with E-state index in [1.807, 2.05) is 59.2 Å². The maximum atomic E-state index is 12.8. The second-order valence-electron chi connectivity index (χ2n) is 6.01.